The highest BCUT2D eigenvalue weighted by molar-refractivity contribution is 7.09. The van der Waals surface area contributed by atoms with Crippen LogP contribution in [0.1, 0.15) is 4.88 Å². The van der Waals surface area contributed by atoms with Crippen molar-refractivity contribution in [2.24, 2.45) is 7.05 Å². The fourth-order valence-corrected chi connectivity index (χ4v) is 2.95. The maximum atomic E-state index is 5.38. The van der Waals surface area contributed by atoms with E-state index in [2.05, 4.69) is 26.5 Å². The van der Waals surface area contributed by atoms with Crippen LogP contribution in [0.3, 0.4) is 0 Å². The van der Waals surface area contributed by atoms with E-state index < -0.39 is 0 Å². The second-order valence-corrected chi connectivity index (χ2v) is 5.89. The number of thiophene rings is 1. The second kappa shape index (κ2) is 6.15. The first kappa shape index (κ1) is 14.5. The third kappa shape index (κ3) is 2.80. The third-order valence-electron chi connectivity index (χ3n) is 3.34. The molecule has 0 aliphatic carbocycles. The van der Waals surface area contributed by atoms with Crippen LogP contribution < -0.4 is 9.64 Å². The van der Waals surface area contributed by atoms with Gasteiger partial charge in [0.1, 0.15) is 5.69 Å². The fourth-order valence-electron chi connectivity index (χ4n) is 2.19. The van der Waals surface area contributed by atoms with Crippen molar-refractivity contribution >= 4 is 17.3 Å². The molecule has 0 radical (unpaired) electrons. The van der Waals surface area contributed by atoms with Crippen LogP contribution in [0, 0.1) is 0 Å². The Morgan fingerprint density at radius 2 is 2.23 bits per heavy atom. The number of aromatic nitrogens is 4. The molecule has 0 atom stereocenters. The zero-order chi connectivity index (χ0) is 15.5. The highest BCUT2D eigenvalue weighted by Crippen LogP contribution is 2.28. The van der Waals surface area contributed by atoms with Gasteiger partial charge < -0.3 is 9.64 Å². The van der Waals surface area contributed by atoms with E-state index in [9.17, 15) is 0 Å². The Kier molecular flexibility index (Phi) is 4.06. The van der Waals surface area contributed by atoms with Crippen molar-refractivity contribution in [1.29, 1.82) is 0 Å². The lowest BCUT2D eigenvalue weighted by atomic mass is 10.3. The van der Waals surface area contributed by atoms with E-state index in [1.54, 1.807) is 35.5 Å². The molecular weight excluding hydrogens is 298 g/mol. The Hall–Kier alpha value is -2.41. The molecule has 0 saturated heterocycles. The minimum Gasteiger partial charge on any atom is -0.493 e. The lowest BCUT2D eigenvalue weighted by Crippen LogP contribution is -2.19. The molecule has 22 heavy (non-hydrogen) atoms. The molecule has 3 aromatic rings. The number of anilines is 1. The number of ether oxygens (including phenoxy) is 1. The van der Waals surface area contributed by atoms with Gasteiger partial charge in [0.05, 0.1) is 25.5 Å². The highest BCUT2D eigenvalue weighted by atomic mass is 32.1. The van der Waals surface area contributed by atoms with Crippen LogP contribution in [0.2, 0.25) is 0 Å². The normalized spacial score (nSPS) is 10.7. The van der Waals surface area contributed by atoms with Crippen LogP contribution in [0.5, 0.6) is 5.75 Å². The topological polar surface area (TPSA) is 56.1 Å². The molecule has 7 heteroatoms. The van der Waals surface area contributed by atoms with E-state index >= 15 is 0 Å². The summed E-state index contributed by atoms with van der Waals surface area (Å²) in [7, 11) is 5.48. The van der Waals surface area contributed by atoms with Gasteiger partial charge >= 0.3 is 0 Å². The van der Waals surface area contributed by atoms with Gasteiger partial charge in [0.25, 0.3) is 0 Å². The molecule has 0 unspecified atom stereocenters. The van der Waals surface area contributed by atoms with Crippen molar-refractivity contribution in [3.8, 4) is 17.1 Å². The summed E-state index contributed by atoms with van der Waals surface area (Å²) in [6, 6.07) is 6.06. The molecule has 0 bridgehead atoms. The summed E-state index contributed by atoms with van der Waals surface area (Å²) in [5.41, 5.74) is 1.63. The number of nitrogens with zero attached hydrogens (tertiary/aromatic N) is 5. The summed E-state index contributed by atoms with van der Waals surface area (Å²) in [5, 5.41) is 6.26. The van der Waals surface area contributed by atoms with E-state index in [0.717, 1.165) is 17.9 Å². The van der Waals surface area contributed by atoms with E-state index in [4.69, 9.17) is 4.74 Å². The third-order valence-corrected chi connectivity index (χ3v) is 4.20. The number of hydrogen-bond acceptors (Lipinski definition) is 6. The molecule has 3 rings (SSSR count). The minimum atomic E-state index is 0.636. The van der Waals surface area contributed by atoms with Crippen molar-refractivity contribution in [2.45, 2.75) is 6.54 Å². The van der Waals surface area contributed by atoms with Gasteiger partial charge in [-0.15, -0.1) is 11.3 Å². The summed E-state index contributed by atoms with van der Waals surface area (Å²) in [6.07, 6.45) is 3.45. The van der Waals surface area contributed by atoms with Gasteiger partial charge in [0.15, 0.2) is 5.75 Å². The molecule has 6 nitrogen and oxygen atoms in total. The lowest BCUT2D eigenvalue weighted by molar-refractivity contribution is 0.412. The van der Waals surface area contributed by atoms with Gasteiger partial charge in [-0.05, 0) is 17.5 Å². The molecule has 0 aromatic carbocycles. The molecule has 0 spiro atoms. The fraction of sp³-hybridized carbons (Fsp3) is 0.267. The Morgan fingerprint density at radius 3 is 2.86 bits per heavy atom. The number of aryl methyl sites for hydroxylation is 1. The first-order chi connectivity index (χ1) is 10.7. The van der Waals surface area contributed by atoms with Crippen LogP contribution in [0.15, 0.2) is 36.0 Å². The molecule has 0 aliphatic heterocycles. The zero-order valence-corrected chi connectivity index (χ0v) is 13.5. The van der Waals surface area contributed by atoms with Crippen molar-refractivity contribution < 1.29 is 4.74 Å². The Balaban J connectivity index is 1.95. The van der Waals surface area contributed by atoms with E-state index in [1.807, 2.05) is 31.1 Å². The Bertz CT molecular complexity index is 753. The lowest BCUT2D eigenvalue weighted by Gasteiger charge is -2.17. The van der Waals surface area contributed by atoms with Gasteiger partial charge in [0, 0.05) is 25.2 Å². The largest absolute Gasteiger partial charge is 0.493 e. The molecule has 0 aliphatic rings. The predicted molar refractivity (Wildman–Crippen MR) is 87.2 cm³/mol. The monoisotopic (exact) mass is 315 g/mol. The SMILES string of the molecule is COc1cnc(N(C)Cc2cccs2)nc1-c1ccnn1C. The first-order valence-electron chi connectivity index (χ1n) is 6.82. The average molecular weight is 315 g/mol. The molecule has 0 amide bonds. The smallest absolute Gasteiger partial charge is 0.226 e. The predicted octanol–water partition coefficient (Wildman–Crippen LogP) is 2.58. The molecule has 3 aromatic heterocycles. The molecule has 0 saturated carbocycles. The summed E-state index contributed by atoms with van der Waals surface area (Å²) < 4.78 is 7.15. The van der Waals surface area contributed by atoms with Crippen LogP contribution in [0.4, 0.5) is 5.95 Å². The number of hydrogen-bond donors (Lipinski definition) is 0. The van der Waals surface area contributed by atoms with Crippen molar-refractivity contribution in [3.63, 3.8) is 0 Å². The van der Waals surface area contributed by atoms with Gasteiger partial charge in [-0.2, -0.15) is 5.10 Å². The molecule has 0 N–H and O–H groups in total. The van der Waals surface area contributed by atoms with Crippen LogP contribution in [-0.4, -0.2) is 33.9 Å². The first-order valence-corrected chi connectivity index (χ1v) is 7.70. The van der Waals surface area contributed by atoms with Crippen molar-refractivity contribution in [2.75, 3.05) is 19.1 Å². The summed E-state index contributed by atoms with van der Waals surface area (Å²) in [4.78, 5) is 12.3. The zero-order valence-electron chi connectivity index (χ0n) is 12.7. The van der Waals surface area contributed by atoms with Crippen LogP contribution >= 0.6 is 11.3 Å². The van der Waals surface area contributed by atoms with Crippen LogP contribution in [0.25, 0.3) is 11.4 Å². The standard InChI is InChI=1S/C15H17N5OS/c1-19(10-11-5-4-8-22-11)15-16-9-13(21-3)14(18-15)12-6-7-17-20(12)2/h4-9H,10H2,1-3H3. The second-order valence-electron chi connectivity index (χ2n) is 4.86. The average Bonchev–Trinajstić information content (AvgIpc) is 3.18. The van der Waals surface area contributed by atoms with E-state index in [-0.39, 0.29) is 0 Å². The van der Waals surface area contributed by atoms with Gasteiger partial charge in [-0.3, -0.25) is 4.68 Å². The number of rotatable bonds is 5. The quantitative estimate of drug-likeness (QED) is 0.724. The molecular formula is C15H17N5OS. The maximum absolute atomic E-state index is 5.38. The molecule has 0 fully saturated rings. The summed E-state index contributed by atoms with van der Waals surface area (Å²) >= 11 is 1.72. The summed E-state index contributed by atoms with van der Waals surface area (Å²) in [6.45, 7) is 0.773. The van der Waals surface area contributed by atoms with Gasteiger partial charge in [0.2, 0.25) is 5.95 Å². The van der Waals surface area contributed by atoms with E-state index in [0.29, 0.717) is 11.7 Å². The maximum Gasteiger partial charge on any atom is 0.226 e. The molecule has 3 heterocycles. The van der Waals surface area contributed by atoms with E-state index in [1.165, 1.54) is 4.88 Å². The van der Waals surface area contributed by atoms with Gasteiger partial charge in [-0.1, -0.05) is 6.07 Å². The minimum absolute atomic E-state index is 0.636. The van der Waals surface area contributed by atoms with Crippen molar-refractivity contribution in [1.82, 2.24) is 19.7 Å². The number of methoxy groups -OCH3 is 1. The Labute approximate surface area is 133 Å². The van der Waals surface area contributed by atoms with Crippen LogP contribution in [-0.2, 0) is 13.6 Å². The van der Waals surface area contributed by atoms with Gasteiger partial charge in [-0.25, -0.2) is 9.97 Å². The molecule has 114 valence electrons. The Morgan fingerprint density at radius 1 is 1.36 bits per heavy atom. The van der Waals surface area contributed by atoms with Crippen molar-refractivity contribution in [3.05, 3.63) is 40.8 Å². The highest BCUT2D eigenvalue weighted by Gasteiger charge is 2.15. The summed E-state index contributed by atoms with van der Waals surface area (Å²) in [5.74, 6) is 1.29.